The molecule has 2 aromatic rings. The molecule has 0 aliphatic carbocycles. The molecule has 0 aliphatic rings. The number of benzene rings is 2. The standard InChI is InChI=1S/C20H23F3/c1-6-19(20(21,22)23,17-9-7-13(2)15(4)11-17)18-10-8-14(3)16(5)12-18/h7-12H,6H2,1-5H3. The Morgan fingerprint density at radius 1 is 0.696 bits per heavy atom. The maximum absolute atomic E-state index is 14.2. The zero-order valence-electron chi connectivity index (χ0n) is 14.3. The molecule has 2 aromatic carbocycles. The lowest BCUT2D eigenvalue weighted by atomic mass is 9.70. The van der Waals surface area contributed by atoms with Crippen molar-refractivity contribution in [2.24, 2.45) is 0 Å². The van der Waals surface area contributed by atoms with E-state index < -0.39 is 11.6 Å². The van der Waals surface area contributed by atoms with Crippen LogP contribution >= 0.6 is 0 Å². The maximum Gasteiger partial charge on any atom is 0.402 e. The Bertz CT molecular complexity index is 660. The van der Waals surface area contributed by atoms with Crippen molar-refractivity contribution in [2.75, 3.05) is 0 Å². The molecule has 0 nitrogen and oxygen atoms in total. The molecule has 0 bridgehead atoms. The molecule has 0 aliphatic heterocycles. The first-order valence-electron chi connectivity index (χ1n) is 7.85. The number of halogens is 3. The number of hydrogen-bond acceptors (Lipinski definition) is 0. The molecule has 0 aromatic heterocycles. The molecule has 0 saturated heterocycles. The Hall–Kier alpha value is -1.77. The molecule has 0 fully saturated rings. The van der Waals surface area contributed by atoms with Crippen molar-refractivity contribution in [3.8, 4) is 0 Å². The summed E-state index contributed by atoms with van der Waals surface area (Å²) in [5.74, 6) is 0. The van der Waals surface area contributed by atoms with Crippen LogP contribution in [-0.4, -0.2) is 6.18 Å². The Labute approximate surface area is 136 Å². The highest BCUT2D eigenvalue weighted by Gasteiger charge is 2.55. The van der Waals surface area contributed by atoms with Crippen LogP contribution in [-0.2, 0) is 5.41 Å². The summed E-state index contributed by atoms with van der Waals surface area (Å²) >= 11 is 0. The summed E-state index contributed by atoms with van der Waals surface area (Å²) in [6.07, 6.45) is -4.38. The smallest absolute Gasteiger partial charge is 0.170 e. The summed E-state index contributed by atoms with van der Waals surface area (Å²) in [5.41, 5.74) is 2.44. The van der Waals surface area contributed by atoms with Gasteiger partial charge in [0.05, 0.1) is 0 Å². The first-order chi connectivity index (χ1) is 10.6. The fourth-order valence-corrected chi connectivity index (χ4v) is 3.12. The first kappa shape index (κ1) is 17.6. The van der Waals surface area contributed by atoms with Crippen molar-refractivity contribution in [1.29, 1.82) is 0 Å². The van der Waals surface area contributed by atoms with E-state index in [-0.39, 0.29) is 6.42 Å². The van der Waals surface area contributed by atoms with Crippen LogP contribution in [0.25, 0.3) is 0 Å². The van der Waals surface area contributed by atoms with E-state index in [1.54, 1.807) is 43.3 Å². The molecule has 0 atom stereocenters. The van der Waals surface area contributed by atoms with Crippen LogP contribution in [0.5, 0.6) is 0 Å². The molecule has 2 rings (SSSR count). The third-order valence-electron chi connectivity index (χ3n) is 5.01. The lowest BCUT2D eigenvalue weighted by Gasteiger charge is -2.37. The first-order valence-corrected chi connectivity index (χ1v) is 7.85. The summed E-state index contributed by atoms with van der Waals surface area (Å²) in [4.78, 5) is 0. The summed E-state index contributed by atoms with van der Waals surface area (Å²) in [6, 6.07) is 10.2. The third kappa shape index (κ3) is 2.89. The van der Waals surface area contributed by atoms with Gasteiger partial charge in [-0.2, -0.15) is 13.2 Å². The zero-order chi connectivity index (χ0) is 17.4. The minimum Gasteiger partial charge on any atom is -0.170 e. The van der Waals surface area contributed by atoms with Gasteiger partial charge in [0.25, 0.3) is 0 Å². The fraction of sp³-hybridized carbons (Fsp3) is 0.400. The molecule has 0 radical (unpaired) electrons. The number of aryl methyl sites for hydroxylation is 4. The lowest BCUT2D eigenvalue weighted by molar-refractivity contribution is -0.179. The van der Waals surface area contributed by atoms with Gasteiger partial charge < -0.3 is 0 Å². The van der Waals surface area contributed by atoms with Gasteiger partial charge in [-0.1, -0.05) is 43.3 Å². The van der Waals surface area contributed by atoms with Crippen LogP contribution in [0.1, 0.15) is 46.7 Å². The topological polar surface area (TPSA) is 0 Å². The lowest BCUT2D eigenvalue weighted by Crippen LogP contribution is -2.43. The van der Waals surface area contributed by atoms with Gasteiger partial charge in [0.2, 0.25) is 0 Å². The van der Waals surface area contributed by atoms with Gasteiger partial charge in [0.1, 0.15) is 5.41 Å². The molecule has 23 heavy (non-hydrogen) atoms. The van der Waals surface area contributed by atoms with Crippen molar-refractivity contribution in [1.82, 2.24) is 0 Å². The van der Waals surface area contributed by atoms with Crippen LogP contribution in [0.4, 0.5) is 13.2 Å². The van der Waals surface area contributed by atoms with E-state index in [2.05, 4.69) is 0 Å². The van der Waals surface area contributed by atoms with Crippen molar-refractivity contribution < 1.29 is 13.2 Å². The normalized spacial score (nSPS) is 12.5. The SMILES string of the molecule is CCC(c1ccc(C)c(C)c1)(c1ccc(C)c(C)c1)C(F)(F)F. The minimum atomic E-state index is -4.36. The number of alkyl halides is 3. The van der Waals surface area contributed by atoms with E-state index in [9.17, 15) is 13.2 Å². The summed E-state index contributed by atoms with van der Waals surface area (Å²) in [5, 5.41) is 0. The van der Waals surface area contributed by atoms with Gasteiger partial charge in [-0.25, -0.2) is 0 Å². The van der Waals surface area contributed by atoms with Gasteiger partial charge in [-0.3, -0.25) is 0 Å². The zero-order valence-corrected chi connectivity index (χ0v) is 14.3. The Balaban J connectivity index is 2.79. The van der Waals surface area contributed by atoms with Crippen LogP contribution in [0.3, 0.4) is 0 Å². The second-order valence-corrected chi connectivity index (χ2v) is 6.35. The van der Waals surface area contributed by atoms with Crippen LogP contribution in [0.2, 0.25) is 0 Å². The molecule has 0 amide bonds. The quantitative estimate of drug-likeness (QED) is 0.633. The minimum absolute atomic E-state index is 0.0263. The van der Waals surface area contributed by atoms with Gasteiger partial charge >= 0.3 is 6.18 Å². The van der Waals surface area contributed by atoms with E-state index >= 15 is 0 Å². The number of rotatable bonds is 3. The molecule has 3 heteroatoms. The molecular formula is C20H23F3. The fourth-order valence-electron chi connectivity index (χ4n) is 3.12. The van der Waals surface area contributed by atoms with Crippen LogP contribution < -0.4 is 0 Å². The van der Waals surface area contributed by atoms with Crippen molar-refractivity contribution in [2.45, 2.75) is 52.6 Å². The van der Waals surface area contributed by atoms with Crippen molar-refractivity contribution in [3.05, 3.63) is 69.8 Å². The molecule has 0 N–H and O–H groups in total. The summed E-state index contributed by atoms with van der Waals surface area (Å²) in [6.45, 7) is 9.15. The molecule has 0 saturated carbocycles. The van der Waals surface area contributed by atoms with Crippen LogP contribution in [0, 0.1) is 27.7 Å². The van der Waals surface area contributed by atoms with Crippen molar-refractivity contribution in [3.63, 3.8) is 0 Å². The Morgan fingerprint density at radius 3 is 1.35 bits per heavy atom. The second kappa shape index (κ2) is 6.03. The maximum atomic E-state index is 14.2. The highest BCUT2D eigenvalue weighted by atomic mass is 19.4. The molecular weight excluding hydrogens is 297 g/mol. The molecule has 0 heterocycles. The Morgan fingerprint density at radius 2 is 1.09 bits per heavy atom. The van der Waals surface area contributed by atoms with E-state index in [1.807, 2.05) is 27.7 Å². The average Bonchev–Trinajstić information content (AvgIpc) is 2.46. The highest BCUT2D eigenvalue weighted by Crippen LogP contribution is 2.49. The second-order valence-electron chi connectivity index (χ2n) is 6.35. The van der Waals surface area contributed by atoms with Gasteiger partial charge in [-0.05, 0) is 67.5 Å². The average molecular weight is 320 g/mol. The van der Waals surface area contributed by atoms with Crippen LogP contribution in [0.15, 0.2) is 36.4 Å². The molecule has 0 unspecified atom stereocenters. The van der Waals surface area contributed by atoms with Gasteiger partial charge in [-0.15, -0.1) is 0 Å². The monoisotopic (exact) mass is 320 g/mol. The van der Waals surface area contributed by atoms with Gasteiger partial charge in [0, 0.05) is 0 Å². The van der Waals surface area contributed by atoms with E-state index in [4.69, 9.17) is 0 Å². The predicted octanol–water partition coefficient (Wildman–Crippen LogP) is 6.18. The highest BCUT2D eigenvalue weighted by molar-refractivity contribution is 5.46. The van der Waals surface area contributed by atoms with E-state index in [1.165, 1.54) is 0 Å². The molecule has 0 spiro atoms. The summed E-state index contributed by atoms with van der Waals surface area (Å²) < 4.78 is 42.6. The van der Waals surface area contributed by atoms with Gasteiger partial charge in [0.15, 0.2) is 0 Å². The Kier molecular flexibility index (Phi) is 4.61. The number of hydrogen-bond donors (Lipinski definition) is 0. The summed E-state index contributed by atoms with van der Waals surface area (Å²) in [7, 11) is 0. The largest absolute Gasteiger partial charge is 0.402 e. The van der Waals surface area contributed by atoms with Crippen molar-refractivity contribution >= 4 is 0 Å². The van der Waals surface area contributed by atoms with E-state index in [0.29, 0.717) is 11.1 Å². The van der Waals surface area contributed by atoms with E-state index in [0.717, 1.165) is 22.3 Å². The third-order valence-corrected chi connectivity index (χ3v) is 5.01. The molecule has 124 valence electrons. The predicted molar refractivity (Wildman–Crippen MR) is 89.0 cm³/mol.